The number of halogens is 1. The quantitative estimate of drug-likeness (QED) is 0.376. The lowest BCUT2D eigenvalue weighted by atomic mass is 10.0. The van der Waals surface area contributed by atoms with Crippen LogP contribution in [0, 0.1) is 21.8 Å². The van der Waals surface area contributed by atoms with E-state index >= 15 is 0 Å². The van der Waals surface area contributed by atoms with Gasteiger partial charge in [-0.05, 0) is 51.1 Å². The Morgan fingerprint density at radius 3 is 2.49 bits per heavy atom. The highest BCUT2D eigenvalue weighted by molar-refractivity contribution is 5.91. The van der Waals surface area contributed by atoms with E-state index < -0.39 is 22.4 Å². The molecule has 1 N–H and O–H groups in total. The zero-order valence-electron chi connectivity index (χ0n) is 21.8. The fraction of sp³-hybridized carbons (Fsp3) is 0.385. The molecule has 0 bridgehead atoms. The molecule has 0 spiro atoms. The minimum atomic E-state index is -0.620. The van der Waals surface area contributed by atoms with E-state index in [1.807, 2.05) is 31.6 Å². The maximum Gasteiger partial charge on any atom is 0.410 e. The smallest absolute Gasteiger partial charge is 0.410 e. The van der Waals surface area contributed by atoms with Crippen molar-refractivity contribution in [3.63, 3.8) is 0 Å². The molecule has 0 unspecified atom stereocenters. The summed E-state index contributed by atoms with van der Waals surface area (Å²) >= 11 is 0. The first-order valence-corrected chi connectivity index (χ1v) is 12.5. The van der Waals surface area contributed by atoms with E-state index in [9.17, 15) is 24.1 Å². The largest absolute Gasteiger partial charge is 0.444 e. The van der Waals surface area contributed by atoms with Crippen LogP contribution >= 0.6 is 0 Å². The van der Waals surface area contributed by atoms with Gasteiger partial charge in [-0.3, -0.25) is 20.1 Å². The van der Waals surface area contributed by atoms with Crippen molar-refractivity contribution in [3.05, 3.63) is 69.8 Å². The minimum absolute atomic E-state index is 0.194. The summed E-state index contributed by atoms with van der Waals surface area (Å²) in [5.41, 5.74) is 1.66. The number of likely N-dealkylation sites (tertiary alicyclic amines) is 1. The molecule has 12 nitrogen and oxygen atoms in total. The lowest BCUT2D eigenvalue weighted by Gasteiger charge is -2.39. The summed E-state index contributed by atoms with van der Waals surface area (Å²) in [6.45, 7) is 7.87. The van der Waals surface area contributed by atoms with Crippen molar-refractivity contribution in [3.8, 4) is 11.3 Å². The van der Waals surface area contributed by atoms with Gasteiger partial charge >= 0.3 is 17.8 Å². The standard InChI is InChI=1S/C26H28FN7O5/c1-26(2,3)39-25(36)32-10-16(11-32)12-33-14-18-13-31(15-21(18)30-33)24(35)29-23-22(34(37)38)9-8-20(28-23)17-4-6-19(27)7-5-17/h4-9,14,16H,10-13,15H2,1-3H3,(H,28,29,35). The van der Waals surface area contributed by atoms with Crippen LogP contribution in [0.3, 0.4) is 0 Å². The summed E-state index contributed by atoms with van der Waals surface area (Å²) in [6, 6.07) is 7.70. The maximum atomic E-state index is 13.3. The van der Waals surface area contributed by atoms with E-state index in [2.05, 4.69) is 15.4 Å². The predicted octanol–water partition coefficient (Wildman–Crippen LogP) is 4.41. The van der Waals surface area contributed by atoms with Gasteiger partial charge in [0.05, 0.1) is 29.4 Å². The Morgan fingerprint density at radius 1 is 1.13 bits per heavy atom. The first kappa shape index (κ1) is 26.1. The van der Waals surface area contributed by atoms with Crippen LogP contribution in [0.4, 0.5) is 25.5 Å². The number of rotatable bonds is 5. The van der Waals surface area contributed by atoms with Gasteiger partial charge in [0.2, 0.25) is 5.82 Å². The molecular weight excluding hydrogens is 509 g/mol. The number of hydrogen-bond acceptors (Lipinski definition) is 7. The van der Waals surface area contributed by atoms with Gasteiger partial charge in [0.25, 0.3) is 0 Å². The van der Waals surface area contributed by atoms with Crippen LogP contribution in [-0.4, -0.2) is 60.3 Å². The monoisotopic (exact) mass is 537 g/mol. The molecule has 39 heavy (non-hydrogen) atoms. The Labute approximate surface area is 223 Å². The first-order chi connectivity index (χ1) is 18.4. The fourth-order valence-corrected chi connectivity index (χ4v) is 4.53. The van der Waals surface area contributed by atoms with Crippen LogP contribution in [0.25, 0.3) is 11.3 Å². The maximum absolute atomic E-state index is 13.3. The average Bonchev–Trinajstić information content (AvgIpc) is 3.39. The highest BCUT2D eigenvalue weighted by atomic mass is 19.1. The van der Waals surface area contributed by atoms with Crippen LogP contribution in [-0.2, 0) is 24.4 Å². The molecule has 0 aliphatic carbocycles. The second kappa shape index (κ2) is 9.97. The second-order valence-corrected chi connectivity index (χ2v) is 10.7. The van der Waals surface area contributed by atoms with Crippen LogP contribution < -0.4 is 5.32 Å². The number of nitro groups is 1. The zero-order valence-corrected chi connectivity index (χ0v) is 21.8. The van der Waals surface area contributed by atoms with Crippen molar-refractivity contribution < 1.29 is 23.6 Å². The number of anilines is 1. The molecule has 2 aliphatic heterocycles. The second-order valence-electron chi connectivity index (χ2n) is 10.7. The summed E-state index contributed by atoms with van der Waals surface area (Å²) < 4.78 is 20.5. The highest BCUT2D eigenvalue weighted by Gasteiger charge is 2.35. The summed E-state index contributed by atoms with van der Waals surface area (Å²) in [5, 5.41) is 18.7. The van der Waals surface area contributed by atoms with Crippen molar-refractivity contribution in [1.82, 2.24) is 24.6 Å². The number of urea groups is 1. The van der Waals surface area contributed by atoms with Crippen molar-refractivity contribution in [2.75, 3.05) is 18.4 Å². The van der Waals surface area contributed by atoms with Gasteiger partial charge in [0, 0.05) is 48.9 Å². The van der Waals surface area contributed by atoms with Gasteiger partial charge in [-0.1, -0.05) is 0 Å². The Balaban J connectivity index is 1.19. The minimum Gasteiger partial charge on any atom is -0.444 e. The van der Waals surface area contributed by atoms with Gasteiger partial charge in [-0.2, -0.15) is 5.10 Å². The number of carbonyl (C=O) groups excluding carboxylic acids is 2. The third-order valence-electron chi connectivity index (χ3n) is 6.40. The molecule has 3 amide bonds. The number of amides is 3. The average molecular weight is 538 g/mol. The number of ether oxygens (including phenoxy) is 1. The molecule has 13 heteroatoms. The predicted molar refractivity (Wildman–Crippen MR) is 138 cm³/mol. The van der Waals surface area contributed by atoms with Crippen LogP contribution in [0.15, 0.2) is 42.6 Å². The third kappa shape index (κ3) is 5.81. The molecular formula is C26H28FN7O5. The molecule has 0 radical (unpaired) electrons. The Hall–Kier alpha value is -4.55. The molecule has 0 atom stereocenters. The van der Waals surface area contributed by atoms with Crippen molar-refractivity contribution >= 4 is 23.6 Å². The lowest BCUT2D eigenvalue weighted by Crippen LogP contribution is -2.52. The molecule has 1 saturated heterocycles. The van der Waals surface area contributed by atoms with Gasteiger partial charge in [-0.15, -0.1) is 0 Å². The number of hydrogen-bond donors (Lipinski definition) is 1. The number of nitrogens with zero attached hydrogens (tertiary/aromatic N) is 6. The number of benzene rings is 1. The molecule has 1 fully saturated rings. The Kier molecular flexibility index (Phi) is 6.66. The first-order valence-electron chi connectivity index (χ1n) is 12.5. The lowest BCUT2D eigenvalue weighted by molar-refractivity contribution is -0.384. The van der Waals surface area contributed by atoms with Crippen molar-refractivity contribution in [1.29, 1.82) is 0 Å². The fourth-order valence-electron chi connectivity index (χ4n) is 4.53. The summed E-state index contributed by atoms with van der Waals surface area (Å²) in [6.07, 6.45) is 1.57. The summed E-state index contributed by atoms with van der Waals surface area (Å²) in [4.78, 5) is 43.4. The molecule has 5 rings (SSSR count). The van der Waals surface area contributed by atoms with Crippen molar-refractivity contribution in [2.24, 2.45) is 5.92 Å². The van der Waals surface area contributed by atoms with Crippen LogP contribution in [0.2, 0.25) is 0 Å². The van der Waals surface area contributed by atoms with E-state index in [4.69, 9.17) is 4.74 Å². The van der Waals surface area contributed by atoms with Gasteiger partial charge in [0.15, 0.2) is 0 Å². The third-order valence-corrected chi connectivity index (χ3v) is 6.40. The van der Waals surface area contributed by atoms with E-state index in [-0.39, 0.29) is 30.1 Å². The van der Waals surface area contributed by atoms with E-state index in [1.165, 1.54) is 41.3 Å². The number of fused-ring (bicyclic) bond motifs is 1. The SMILES string of the molecule is CC(C)(C)OC(=O)N1CC(Cn2cc3c(n2)CN(C(=O)Nc2nc(-c4ccc(F)cc4)ccc2[N+](=O)[O-])C3)C1. The van der Waals surface area contributed by atoms with Gasteiger partial charge in [0.1, 0.15) is 11.4 Å². The topological polar surface area (TPSA) is 136 Å². The highest BCUT2D eigenvalue weighted by Crippen LogP contribution is 2.29. The normalized spacial score (nSPS) is 15.1. The Bertz CT molecular complexity index is 1400. The molecule has 3 aromatic rings. The molecule has 204 valence electrons. The summed E-state index contributed by atoms with van der Waals surface area (Å²) in [7, 11) is 0. The zero-order chi connectivity index (χ0) is 27.9. The number of nitrogens with one attached hydrogen (secondary N) is 1. The number of pyridine rings is 1. The molecule has 4 heterocycles. The van der Waals surface area contributed by atoms with Crippen LogP contribution in [0.5, 0.6) is 0 Å². The Morgan fingerprint density at radius 2 is 1.85 bits per heavy atom. The van der Waals surface area contributed by atoms with E-state index in [0.717, 1.165) is 11.3 Å². The van der Waals surface area contributed by atoms with E-state index in [1.54, 1.807) is 4.90 Å². The van der Waals surface area contributed by atoms with E-state index in [0.29, 0.717) is 37.4 Å². The summed E-state index contributed by atoms with van der Waals surface area (Å²) in [5.74, 6) is -0.349. The number of aromatic nitrogens is 3. The molecule has 2 aromatic heterocycles. The van der Waals surface area contributed by atoms with Crippen molar-refractivity contribution in [2.45, 2.75) is 46.0 Å². The van der Waals surface area contributed by atoms with Gasteiger partial charge in [-0.25, -0.2) is 19.0 Å². The van der Waals surface area contributed by atoms with Crippen LogP contribution in [0.1, 0.15) is 32.0 Å². The molecule has 2 aliphatic rings. The molecule has 0 saturated carbocycles. The number of carbonyl (C=O) groups is 2. The van der Waals surface area contributed by atoms with Gasteiger partial charge < -0.3 is 14.5 Å². The molecule has 1 aromatic carbocycles.